The number of Topliss-reactive ketones (excluding diaryl/α,β-unsaturated/α-hetero) is 1. The fourth-order valence-electron chi connectivity index (χ4n) is 6.03. The van der Waals surface area contributed by atoms with Crippen LogP contribution in [0.5, 0.6) is 0 Å². The molecule has 0 unspecified atom stereocenters. The molecule has 2 N–H and O–H groups in total. The van der Waals surface area contributed by atoms with Crippen LogP contribution in [0, 0.1) is 18.3 Å². The van der Waals surface area contributed by atoms with Gasteiger partial charge in [-0.05, 0) is 62.5 Å². The van der Waals surface area contributed by atoms with Crippen LogP contribution < -0.4 is 15.5 Å². The molecular formula is C26H32N6O3S. The molecule has 190 valence electrons. The van der Waals surface area contributed by atoms with Gasteiger partial charge < -0.3 is 15.1 Å². The van der Waals surface area contributed by atoms with Gasteiger partial charge in [0, 0.05) is 45.6 Å². The summed E-state index contributed by atoms with van der Waals surface area (Å²) in [6.07, 6.45) is 5.67. The van der Waals surface area contributed by atoms with Crippen LogP contribution in [0.15, 0.2) is 6.07 Å². The number of hydrogen-bond donors (Lipinski definition) is 2. The number of piperidine rings is 1. The molecule has 36 heavy (non-hydrogen) atoms. The molecule has 1 atom stereocenters. The maximum atomic E-state index is 13.7. The first-order valence-electron chi connectivity index (χ1n) is 12.8. The van der Waals surface area contributed by atoms with Gasteiger partial charge in [0.15, 0.2) is 5.13 Å². The SMILES string of the molecule is CNC(=O)Nc1nc(C)c(-c2cc3c(c(N4CCC5(CC4)CC(=O)C5)n2)C(=O)N([C@@H](C)C2CC2)C3)s1. The quantitative estimate of drug-likeness (QED) is 0.633. The van der Waals surface area contributed by atoms with E-state index in [2.05, 4.69) is 27.4 Å². The molecule has 6 rings (SSSR count). The highest BCUT2D eigenvalue weighted by molar-refractivity contribution is 7.19. The summed E-state index contributed by atoms with van der Waals surface area (Å²) < 4.78 is 0. The number of pyridine rings is 1. The number of ketones is 1. The molecule has 4 heterocycles. The molecule has 2 aliphatic heterocycles. The number of nitrogens with one attached hydrogen (secondary N) is 2. The lowest BCUT2D eigenvalue weighted by molar-refractivity contribution is -0.133. The normalized spacial score (nSPS) is 21.4. The lowest BCUT2D eigenvalue weighted by Gasteiger charge is -2.47. The highest BCUT2D eigenvalue weighted by Gasteiger charge is 2.46. The number of urea groups is 1. The summed E-state index contributed by atoms with van der Waals surface area (Å²) in [5, 5.41) is 5.82. The summed E-state index contributed by atoms with van der Waals surface area (Å²) in [6, 6.07) is 1.95. The summed E-state index contributed by atoms with van der Waals surface area (Å²) in [5.41, 5.74) is 3.48. The van der Waals surface area contributed by atoms with Crippen molar-refractivity contribution < 1.29 is 14.4 Å². The maximum Gasteiger partial charge on any atom is 0.320 e. The molecule has 2 saturated carbocycles. The van der Waals surface area contributed by atoms with Crippen LogP contribution in [0.1, 0.15) is 67.1 Å². The smallest absolute Gasteiger partial charge is 0.320 e. The largest absolute Gasteiger partial charge is 0.356 e. The van der Waals surface area contributed by atoms with Crippen molar-refractivity contribution in [2.75, 3.05) is 30.4 Å². The number of rotatable bonds is 5. The first kappa shape index (κ1) is 23.4. The lowest BCUT2D eigenvalue weighted by Crippen LogP contribution is -2.48. The van der Waals surface area contributed by atoms with Crippen molar-refractivity contribution in [1.82, 2.24) is 20.2 Å². The fourth-order valence-corrected chi connectivity index (χ4v) is 6.95. The van der Waals surface area contributed by atoms with E-state index < -0.39 is 0 Å². The fraction of sp³-hybridized carbons (Fsp3) is 0.577. The molecule has 2 aliphatic carbocycles. The number of thiazole rings is 1. The number of nitrogens with zero attached hydrogens (tertiary/aromatic N) is 4. The van der Waals surface area contributed by atoms with Crippen LogP contribution in [0.25, 0.3) is 10.6 Å². The second kappa shape index (κ2) is 8.54. The number of aryl methyl sites for hydroxylation is 1. The van der Waals surface area contributed by atoms with Crippen LogP contribution in [0.3, 0.4) is 0 Å². The van der Waals surface area contributed by atoms with Gasteiger partial charge in [0.25, 0.3) is 5.91 Å². The van der Waals surface area contributed by atoms with E-state index in [9.17, 15) is 14.4 Å². The zero-order valence-corrected chi connectivity index (χ0v) is 21.8. The summed E-state index contributed by atoms with van der Waals surface area (Å²) >= 11 is 1.39. The van der Waals surface area contributed by atoms with E-state index in [1.54, 1.807) is 7.05 Å². The predicted octanol–water partition coefficient (Wildman–Crippen LogP) is 3.97. The molecule has 0 aromatic carbocycles. The van der Waals surface area contributed by atoms with Crippen LogP contribution >= 0.6 is 11.3 Å². The van der Waals surface area contributed by atoms with Gasteiger partial charge in [0.2, 0.25) is 0 Å². The molecule has 0 bridgehead atoms. The molecule has 3 fully saturated rings. The van der Waals surface area contributed by atoms with Crippen molar-refractivity contribution >= 4 is 40.0 Å². The van der Waals surface area contributed by atoms with Crippen molar-refractivity contribution in [2.45, 2.75) is 65.0 Å². The second-order valence-electron chi connectivity index (χ2n) is 10.9. The molecule has 3 amide bonds. The Kier molecular flexibility index (Phi) is 5.55. The van der Waals surface area contributed by atoms with Crippen LogP contribution in [-0.2, 0) is 11.3 Å². The summed E-state index contributed by atoms with van der Waals surface area (Å²) in [6.45, 7) is 6.28. The van der Waals surface area contributed by atoms with Crippen LogP contribution in [0.2, 0.25) is 0 Å². The minimum atomic E-state index is -0.315. The molecular weight excluding hydrogens is 476 g/mol. The molecule has 9 nitrogen and oxygen atoms in total. The molecule has 10 heteroatoms. The van der Waals surface area contributed by atoms with E-state index in [0.717, 1.165) is 59.1 Å². The Bertz CT molecular complexity index is 1250. The van der Waals surface area contributed by atoms with E-state index >= 15 is 0 Å². The lowest BCUT2D eigenvalue weighted by atomic mass is 9.62. The first-order valence-corrected chi connectivity index (χ1v) is 13.7. The topological polar surface area (TPSA) is 108 Å². The van der Waals surface area contributed by atoms with Crippen molar-refractivity contribution in [3.63, 3.8) is 0 Å². The standard InChI is InChI=1S/C26H32N6O3S/c1-14-21(36-25(28-14)30-24(35)27-3)19-10-17-13-32(15(2)16-4-5-16)23(34)20(17)22(29-19)31-8-6-26(7-9-31)11-18(33)12-26/h10,15-16H,4-9,11-13H2,1-3H3,(H2,27,28,30,35)/t15-/m0/s1. The van der Waals surface area contributed by atoms with E-state index in [1.165, 1.54) is 24.2 Å². The Labute approximate surface area is 214 Å². The molecule has 2 aromatic rings. The third-order valence-corrected chi connectivity index (χ3v) is 9.53. The number of amides is 3. The van der Waals surface area contributed by atoms with Gasteiger partial charge in [-0.25, -0.2) is 14.8 Å². The number of aromatic nitrogens is 2. The van der Waals surface area contributed by atoms with E-state index in [0.29, 0.717) is 36.2 Å². The predicted molar refractivity (Wildman–Crippen MR) is 138 cm³/mol. The van der Waals surface area contributed by atoms with Gasteiger partial charge >= 0.3 is 6.03 Å². The average molecular weight is 509 g/mol. The average Bonchev–Trinajstić information content (AvgIpc) is 3.56. The summed E-state index contributed by atoms with van der Waals surface area (Å²) in [7, 11) is 1.57. The Morgan fingerprint density at radius 1 is 1.19 bits per heavy atom. The second-order valence-corrected chi connectivity index (χ2v) is 11.9. The molecule has 4 aliphatic rings. The first-order chi connectivity index (χ1) is 17.3. The van der Waals surface area contributed by atoms with Crippen LogP contribution in [-0.4, -0.2) is 58.8 Å². The van der Waals surface area contributed by atoms with Gasteiger partial charge in [0.05, 0.1) is 21.8 Å². The van der Waals surface area contributed by atoms with E-state index in [4.69, 9.17) is 4.98 Å². The monoisotopic (exact) mass is 508 g/mol. The summed E-state index contributed by atoms with van der Waals surface area (Å²) in [4.78, 5) is 52.0. The third kappa shape index (κ3) is 3.95. The highest BCUT2D eigenvalue weighted by Crippen LogP contribution is 2.48. The Hall–Kier alpha value is -3.01. The minimum Gasteiger partial charge on any atom is -0.356 e. The molecule has 0 radical (unpaired) electrons. The zero-order valence-electron chi connectivity index (χ0n) is 21.0. The van der Waals surface area contributed by atoms with E-state index in [1.807, 2.05) is 17.9 Å². The van der Waals surface area contributed by atoms with Gasteiger partial charge in [-0.3, -0.25) is 14.9 Å². The van der Waals surface area contributed by atoms with Crippen molar-refractivity contribution in [3.8, 4) is 10.6 Å². The Morgan fingerprint density at radius 2 is 1.92 bits per heavy atom. The number of hydrogen-bond acceptors (Lipinski definition) is 7. The van der Waals surface area contributed by atoms with Gasteiger partial charge in [0.1, 0.15) is 11.6 Å². The number of carbonyl (C=O) groups is 3. The van der Waals surface area contributed by atoms with Gasteiger partial charge in [-0.1, -0.05) is 11.3 Å². The van der Waals surface area contributed by atoms with Crippen molar-refractivity contribution in [2.24, 2.45) is 11.3 Å². The Balaban J connectivity index is 1.36. The minimum absolute atomic E-state index is 0.0838. The van der Waals surface area contributed by atoms with Crippen molar-refractivity contribution in [1.29, 1.82) is 0 Å². The van der Waals surface area contributed by atoms with Crippen molar-refractivity contribution in [3.05, 3.63) is 22.9 Å². The highest BCUT2D eigenvalue weighted by atomic mass is 32.1. The molecule has 1 spiro atoms. The zero-order chi connectivity index (χ0) is 25.2. The van der Waals surface area contributed by atoms with E-state index in [-0.39, 0.29) is 23.4 Å². The van der Waals surface area contributed by atoms with Gasteiger partial charge in [-0.2, -0.15) is 0 Å². The number of anilines is 2. The number of fused-ring (bicyclic) bond motifs is 1. The van der Waals surface area contributed by atoms with Crippen LogP contribution in [0.4, 0.5) is 15.7 Å². The molecule has 2 aromatic heterocycles. The number of carbonyl (C=O) groups excluding carboxylic acids is 3. The maximum absolute atomic E-state index is 13.7. The summed E-state index contributed by atoms with van der Waals surface area (Å²) in [5.74, 6) is 1.80. The Morgan fingerprint density at radius 3 is 2.56 bits per heavy atom. The third-order valence-electron chi connectivity index (χ3n) is 8.44. The molecule has 1 saturated heterocycles. The van der Waals surface area contributed by atoms with Gasteiger partial charge in [-0.15, -0.1) is 0 Å².